The Morgan fingerprint density at radius 2 is 1.80 bits per heavy atom. The summed E-state index contributed by atoms with van der Waals surface area (Å²) in [5.74, 6) is -0.0256. The third-order valence-electron chi connectivity index (χ3n) is 4.64. The van der Waals surface area contributed by atoms with Crippen LogP contribution in [-0.4, -0.2) is 62.3 Å². The number of carbonyl (C=O) groups excluding carboxylic acids is 1. The van der Waals surface area contributed by atoms with E-state index in [1.165, 1.54) is 16.4 Å². The molecule has 0 radical (unpaired) electrons. The molecule has 1 aromatic carbocycles. The van der Waals surface area contributed by atoms with Crippen LogP contribution in [0.25, 0.3) is 0 Å². The highest BCUT2D eigenvalue weighted by molar-refractivity contribution is 7.89. The van der Waals surface area contributed by atoms with E-state index < -0.39 is 10.0 Å². The van der Waals surface area contributed by atoms with Gasteiger partial charge in [0.2, 0.25) is 10.0 Å². The number of hydrogen-bond donors (Lipinski definition) is 1. The first-order chi connectivity index (χ1) is 12.0. The fourth-order valence-electron chi connectivity index (χ4n) is 3.24. The third kappa shape index (κ3) is 4.40. The molecule has 0 aromatic heterocycles. The molecule has 2 rings (SSSR count). The Morgan fingerprint density at radius 3 is 2.28 bits per heavy atom. The van der Waals surface area contributed by atoms with E-state index in [0.29, 0.717) is 25.2 Å². The topological polar surface area (TPSA) is 69.7 Å². The zero-order valence-electron chi connectivity index (χ0n) is 15.4. The minimum Gasteiger partial charge on any atom is -0.334 e. The van der Waals surface area contributed by atoms with E-state index in [9.17, 15) is 13.2 Å². The Labute approximate surface area is 151 Å². The first kappa shape index (κ1) is 19.9. The monoisotopic (exact) mass is 367 g/mol. The van der Waals surface area contributed by atoms with Crippen LogP contribution in [0.2, 0.25) is 0 Å². The fraction of sp³-hybridized carbons (Fsp3) is 0.611. The molecule has 25 heavy (non-hydrogen) atoms. The lowest BCUT2D eigenvalue weighted by atomic mass is 10.1. The molecule has 1 fully saturated rings. The van der Waals surface area contributed by atoms with Gasteiger partial charge in [-0.25, -0.2) is 8.42 Å². The lowest BCUT2D eigenvalue weighted by molar-refractivity contribution is 0.0692. The van der Waals surface area contributed by atoms with Crippen molar-refractivity contribution in [1.82, 2.24) is 14.5 Å². The number of amides is 1. The molecule has 1 heterocycles. The van der Waals surface area contributed by atoms with E-state index in [1.54, 1.807) is 12.1 Å². The number of hydrogen-bond acceptors (Lipinski definition) is 4. The summed E-state index contributed by atoms with van der Waals surface area (Å²) in [6.45, 7) is 9.01. The number of sulfonamides is 1. The molecule has 0 aliphatic carbocycles. The van der Waals surface area contributed by atoms with Crippen LogP contribution in [0.5, 0.6) is 0 Å². The van der Waals surface area contributed by atoms with Crippen LogP contribution in [0, 0.1) is 0 Å². The molecule has 1 aromatic rings. The molecule has 0 bridgehead atoms. The van der Waals surface area contributed by atoms with Crippen molar-refractivity contribution >= 4 is 15.9 Å². The van der Waals surface area contributed by atoms with Gasteiger partial charge in [-0.1, -0.05) is 20.8 Å². The number of nitrogens with one attached hydrogen (secondary N) is 1. The van der Waals surface area contributed by atoms with Gasteiger partial charge in [0, 0.05) is 37.8 Å². The molecule has 0 unspecified atom stereocenters. The quantitative estimate of drug-likeness (QED) is 0.762. The predicted octanol–water partition coefficient (Wildman–Crippen LogP) is 1.93. The molecule has 7 heteroatoms. The molecule has 140 valence electrons. The number of nitrogens with zero attached hydrogens (tertiary/aromatic N) is 2. The summed E-state index contributed by atoms with van der Waals surface area (Å²) >= 11 is 0. The van der Waals surface area contributed by atoms with Crippen molar-refractivity contribution in [2.45, 2.75) is 44.6 Å². The highest BCUT2D eigenvalue weighted by Crippen LogP contribution is 2.19. The normalized spacial score (nSPS) is 17.8. The van der Waals surface area contributed by atoms with Crippen molar-refractivity contribution in [2.24, 2.45) is 0 Å². The summed E-state index contributed by atoms with van der Waals surface area (Å²) in [5.41, 5.74) is 0.541. The lowest BCUT2D eigenvalue weighted by Crippen LogP contribution is -2.42. The molecule has 6 nitrogen and oxygen atoms in total. The highest BCUT2D eigenvalue weighted by Gasteiger charge is 2.27. The molecular weight excluding hydrogens is 338 g/mol. The molecule has 1 amide bonds. The first-order valence-electron chi connectivity index (χ1n) is 9.07. The summed E-state index contributed by atoms with van der Waals surface area (Å²) in [6.07, 6.45) is 1.86. The van der Waals surface area contributed by atoms with Crippen molar-refractivity contribution in [3.63, 3.8) is 0 Å². The van der Waals surface area contributed by atoms with Crippen molar-refractivity contribution in [3.8, 4) is 0 Å². The second-order valence-electron chi connectivity index (χ2n) is 6.26. The van der Waals surface area contributed by atoms with Gasteiger partial charge in [-0.05, 0) is 43.7 Å². The van der Waals surface area contributed by atoms with Crippen LogP contribution >= 0.6 is 0 Å². The molecule has 1 aliphatic rings. The standard InChI is InChI=1S/C18H29N3O3S/c1-4-13-21(16-11-12-19-14-16)18(22)15-7-9-17(10-8-15)25(23,24)20(5-2)6-3/h7-10,16,19H,4-6,11-14H2,1-3H3/t16-/m0/s1. The van der Waals surface area contributed by atoms with Gasteiger partial charge in [0.05, 0.1) is 4.90 Å². The van der Waals surface area contributed by atoms with Gasteiger partial charge in [-0.2, -0.15) is 4.31 Å². The van der Waals surface area contributed by atoms with Gasteiger partial charge in [-0.3, -0.25) is 4.79 Å². The average molecular weight is 368 g/mol. The first-order valence-corrected chi connectivity index (χ1v) is 10.5. The van der Waals surface area contributed by atoms with E-state index in [4.69, 9.17) is 0 Å². The highest BCUT2D eigenvalue weighted by atomic mass is 32.2. The molecule has 1 aliphatic heterocycles. The second kappa shape index (κ2) is 8.78. The van der Waals surface area contributed by atoms with E-state index in [-0.39, 0.29) is 16.8 Å². The van der Waals surface area contributed by atoms with E-state index >= 15 is 0 Å². The van der Waals surface area contributed by atoms with Crippen LogP contribution in [-0.2, 0) is 10.0 Å². The maximum atomic E-state index is 12.9. The van der Waals surface area contributed by atoms with Crippen molar-refractivity contribution in [1.29, 1.82) is 0 Å². The Kier molecular flexibility index (Phi) is 6.98. The van der Waals surface area contributed by atoms with Crippen LogP contribution < -0.4 is 5.32 Å². The molecule has 0 saturated carbocycles. The summed E-state index contributed by atoms with van der Waals surface area (Å²) in [4.78, 5) is 15.0. The van der Waals surface area contributed by atoms with Gasteiger partial charge in [0.1, 0.15) is 0 Å². The van der Waals surface area contributed by atoms with Gasteiger partial charge in [-0.15, -0.1) is 0 Å². The molecular formula is C18H29N3O3S. The number of benzene rings is 1. The van der Waals surface area contributed by atoms with Crippen LogP contribution in [0.1, 0.15) is 44.0 Å². The van der Waals surface area contributed by atoms with Gasteiger partial charge in [0.15, 0.2) is 0 Å². The van der Waals surface area contributed by atoms with Crippen molar-refractivity contribution in [3.05, 3.63) is 29.8 Å². The smallest absolute Gasteiger partial charge is 0.254 e. The SMILES string of the molecule is CCCN(C(=O)c1ccc(S(=O)(=O)N(CC)CC)cc1)[C@H]1CCNC1. The zero-order valence-corrected chi connectivity index (χ0v) is 16.2. The molecule has 1 saturated heterocycles. The molecule has 0 spiro atoms. The van der Waals surface area contributed by atoms with E-state index in [0.717, 1.165) is 25.9 Å². The molecule has 1 N–H and O–H groups in total. The third-order valence-corrected chi connectivity index (χ3v) is 6.71. The summed E-state index contributed by atoms with van der Waals surface area (Å²) in [6, 6.07) is 6.55. The van der Waals surface area contributed by atoms with E-state index in [1.807, 2.05) is 18.7 Å². The zero-order chi connectivity index (χ0) is 18.4. The maximum absolute atomic E-state index is 12.9. The van der Waals surface area contributed by atoms with Gasteiger partial charge >= 0.3 is 0 Å². The molecule has 1 atom stereocenters. The minimum atomic E-state index is -3.49. The predicted molar refractivity (Wildman–Crippen MR) is 99.2 cm³/mol. The van der Waals surface area contributed by atoms with Crippen molar-refractivity contribution < 1.29 is 13.2 Å². The minimum absolute atomic E-state index is 0.0256. The van der Waals surface area contributed by atoms with Gasteiger partial charge < -0.3 is 10.2 Å². The van der Waals surface area contributed by atoms with Gasteiger partial charge in [0.25, 0.3) is 5.91 Å². The lowest BCUT2D eigenvalue weighted by Gasteiger charge is -2.28. The maximum Gasteiger partial charge on any atom is 0.254 e. The Bertz CT molecular complexity index is 663. The van der Waals surface area contributed by atoms with E-state index in [2.05, 4.69) is 12.2 Å². The van der Waals surface area contributed by atoms with Crippen LogP contribution in [0.4, 0.5) is 0 Å². The largest absolute Gasteiger partial charge is 0.334 e. The number of carbonyl (C=O) groups is 1. The number of rotatable bonds is 8. The summed E-state index contributed by atoms with van der Waals surface area (Å²) in [7, 11) is -3.49. The Balaban J connectivity index is 2.21. The summed E-state index contributed by atoms with van der Waals surface area (Å²) < 4.78 is 26.5. The second-order valence-corrected chi connectivity index (χ2v) is 8.20. The fourth-order valence-corrected chi connectivity index (χ4v) is 4.70. The van der Waals surface area contributed by atoms with Crippen LogP contribution in [0.15, 0.2) is 29.2 Å². The van der Waals surface area contributed by atoms with Crippen LogP contribution in [0.3, 0.4) is 0 Å². The Morgan fingerprint density at radius 1 is 1.16 bits per heavy atom. The Hall–Kier alpha value is -1.44. The summed E-state index contributed by atoms with van der Waals surface area (Å²) in [5, 5.41) is 3.29. The average Bonchev–Trinajstić information content (AvgIpc) is 3.14. The van der Waals surface area contributed by atoms with Crippen molar-refractivity contribution in [2.75, 3.05) is 32.7 Å².